The minimum atomic E-state index is -0.0229. The van der Waals surface area contributed by atoms with Gasteiger partial charge in [0.1, 0.15) is 0 Å². The Kier molecular flexibility index (Phi) is 2.38. The van der Waals surface area contributed by atoms with Gasteiger partial charge >= 0.3 is 0 Å². The van der Waals surface area contributed by atoms with Crippen molar-refractivity contribution in [1.82, 2.24) is 0 Å². The summed E-state index contributed by atoms with van der Waals surface area (Å²) in [5.41, 5.74) is 6.96. The predicted molar refractivity (Wildman–Crippen MR) is 63.3 cm³/mol. The van der Waals surface area contributed by atoms with Gasteiger partial charge in [0.05, 0.1) is 12.2 Å². The van der Waals surface area contributed by atoms with E-state index < -0.39 is 0 Å². The second kappa shape index (κ2) is 3.34. The average Bonchev–Trinajstić information content (AvgIpc) is 2.12. The molecule has 0 saturated carbocycles. The van der Waals surface area contributed by atoms with E-state index in [9.17, 15) is 0 Å². The van der Waals surface area contributed by atoms with Crippen LogP contribution in [-0.4, -0.2) is 6.61 Å². The van der Waals surface area contributed by atoms with Gasteiger partial charge in [0.2, 0.25) is 0 Å². The quantitative estimate of drug-likeness (QED) is 0.679. The highest BCUT2D eigenvalue weighted by atomic mass is 16.5. The number of benzene rings is 1. The highest BCUT2D eigenvalue weighted by Crippen LogP contribution is 2.41. The van der Waals surface area contributed by atoms with Gasteiger partial charge in [0.25, 0.3) is 0 Å². The number of hydrogen-bond donors (Lipinski definition) is 0. The summed E-state index contributed by atoms with van der Waals surface area (Å²) in [7, 11) is 0. The highest BCUT2D eigenvalue weighted by Gasteiger charge is 2.37. The Balaban J connectivity index is 2.63. The van der Waals surface area contributed by atoms with Gasteiger partial charge in [-0.2, -0.15) is 0 Å². The van der Waals surface area contributed by atoms with Crippen LogP contribution >= 0.6 is 0 Å². The summed E-state index contributed by atoms with van der Waals surface area (Å²) in [5, 5.41) is 0. The molecular formula is C14H20O. The highest BCUT2D eigenvalue weighted by molar-refractivity contribution is 5.47. The molecule has 0 radical (unpaired) electrons. The standard InChI is InChI=1S/C14H20O/c1-9-8-10(2)12(4)13(11(9)3)14(5)6-7-15-14/h8H,6-7H2,1-5H3. The van der Waals surface area contributed by atoms with Crippen molar-refractivity contribution < 1.29 is 4.74 Å². The molecule has 0 spiro atoms. The van der Waals surface area contributed by atoms with Crippen LogP contribution in [0, 0.1) is 27.7 Å². The van der Waals surface area contributed by atoms with Crippen LogP contribution in [0.3, 0.4) is 0 Å². The van der Waals surface area contributed by atoms with Gasteiger partial charge in [-0.1, -0.05) is 6.07 Å². The molecule has 1 unspecified atom stereocenters. The van der Waals surface area contributed by atoms with Gasteiger partial charge < -0.3 is 4.74 Å². The Morgan fingerprint density at radius 1 is 1.07 bits per heavy atom. The van der Waals surface area contributed by atoms with Crippen LogP contribution in [0.5, 0.6) is 0 Å². The van der Waals surface area contributed by atoms with Crippen molar-refractivity contribution in [2.75, 3.05) is 6.61 Å². The van der Waals surface area contributed by atoms with E-state index in [-0.39, 0.29) is 5.60 Å². The summed E-state index contributed by atoms with van der Waals surface area (Å²) >= 11 is 0. The normalized spacial score (nSPS) is 25.1. The zero-order valence-corrected chi connectivity index (χ0v) is 10.4. The van der Waals surface area contributed by atoms with E-state index in [1.54, 1.807) is 0 Å². The van der Waals surface area contributed by atoms with Crippen molar-refractivity contribution in [3.8, 4) is 0 Å². The SMILES string of the molecule is Cc1cc(C)c(C)c(C2(C)CCO2)c1C. The van der Waals surface area contributed by atoms with Crippen molar-refractivity contribution in [2.24, 2.45) is 0 Å². The molecule has 1 aliphatic heterocycles. The van der Waals surface area contributed by atoms with Crippen LogP contribution in [0.4, 0.5) is 0 Å². The number of rotatable bonds is 1. The molecule has 1 atom stereocenters. The van der Waals surface area contributed by atoms with E-state index in [2.05, 4.69) is 40.7 Å². The maximum absolute atomic E-state index is 5.78. The number of hydrogen-bond acceptors (Lipinski definition) is 1. The lowest BCUT2D eigenvalue weighted by molar-refractivity contribution is -0.141. The fourth-order valence-corrected chi connectivity index (χ4v) is 2.62. The molecule has 2 rings (SSSR count). The smallest absolute Gasteiger partial charge is 0.0930 e. The molecule has 1 aromatic rings. The Morgan fingerprint density at radius 2 is 1.53 bits per heavy atom. The lowest BCUT2D eigenvalue weighted by Gasteiger charge is -2.41. The first-order valence-electron chi connectivity index (χ1n) is 5.67. The molecular weight excluding hydrogens is 184 g/mol. The van der Waals surface area contributed by atoms with Crippen molar-refractivity contribution in [3.05, 3.63) is 33.9 Å². The molecule has 1 saturated heterocycles. The molecule has 0 N–H and O–H groups in total. The van der Waals surface area contributed by atoms with E-state index in [0.717, 1.165) is 13.0 Å². The van der Waals surface area contributed by atoms with E-state index in [1.807, 2.05) is 0 Å². The zero-order valence-electron chi connectivity index (χ0n) is 10.4. The monoisotopic (exact) mass is 204 g/mol. The first-order valence-corrected chi connectivity index (χ1v) is 5.67. The summed E-state index contributed by atoms with van der Waals surface area (Å²) in [5.74, 6) is 0. The molecule has 1 heteroatoms. The van der Waals surface area contributed by atoms with Gasteiger partial charge in [-0.05, 0) is 62.4 Å². The van der Waals surface area contributed by atoms with Gasteiger partial charge in [-0.25, -0.2) is 0 Å². The third-order valence-corrected chi connectivity index (χ3v) is 3.89. The predicted octanol–water partition coefficient (Wildman–Crippen LogP) is 3.56. The fourth-order valence-electron chi connectivity index (χ4n) is 2.62. The van der Waals surface area contributed by atoms with Crippen LogP contribution in [0.2, 0.25) is 0 Å². The maximum atomic E-state index is 5.78. The minimum absolute atomic E-state index is 0.0229. The second-order valence-corrected chi connectivity index (χ2v) is 4.96. The zero-order chi connectivity index (χ0) is 11.2. The lowest BCUT2D eigenvalue weighted by Crippen LogP contribution is -2.39. The number of ether oxygens (including phenoxy) is 1. The molecule has 1 fully saturated rings. The summed E-state index contributed by atoms with van der Waals surface area (Å²) < 4.78 is 5.78. The first-order chi connectivity index (χ1) is 6.96. The molecule has 0 bridgehead atoms. The molecule has 1 heterocycles. The first kappa shape index (κ1) is 10.7. The van der Waals surface area contributed by atoms with Gasteiger partial charge in [0.15, 0.2) is 0 Å². The largest absolute Gasteiger partial charge is 0.370 e. The fraction of sp³-hybridized carbons (Fsp3) is 0.571. The van der Waals surface area contributed by atoms with Crippen LogP contribution in [0.1, 0.15) is 41.2 Å². The van der Waals surface area contributed by atoms with Crippen LogP contribution in [0.25, 0.3) is 0 Å². The van der Waals surface area contributed by atoms with Gasteiger partial charge in [-0.3, -0.25) is 0 Å². The maximum Gasteiger partial charge on any atom is 0.0930 e. The van der Waals surface area contributed by atoms with Gasteiger partial charge in [-0.15, -0.1) is 0 Å². The van der Waals surface area contributed by atoms with Crippen molar-refractivity contribution in [1.29, 1.82) is 0 Å². The van der Waals surface area contributed by atoms with E-state index >= 15 is 0 Å². The third-order valence-electron chi connectivity index (χ3n) is 3.89. The van der Waals surface area contributed by atoms with Crippen molar-refractivity contribution in [3.63, 3.8) is 0 Å². The second-order valence-electron chi connectivity index (χ2n) is 4.96. The number of aryl methyl sites for hydroxylation is 2. The lowest BCUT2D eigenvalue weighted by atomic mass is 9.80. The van der Waals surface area contributed by atoms with Crippen LogP contribution < -0.4 is 0 Å². The topological polar surface area (TPSA) is 9.23 Å². The van der Waals surface area contributed by atoms with Crippen molar-refractivity contribution in [2.45, 2.75) is 46.6 Å². The van der Waals surface area contributed by atoms with E-state index in [0.29, 0.717) is 0 Å². The minimum Gasteiger partial charge on any atom is -0.370 e. The summed E-state index contributed by atoms with van der Waals surface area (Å²) in [6.07, 6.45) is 1.15. The molecule has 1 nitrogen and oxygen atoms in total. The Morgan fingerprint density at radius 3 is 1.87 bits per heavy atom. The Hall–Kier alpha value is -0.820. The molecule has 82 valence electrons. The molecule has 15 heavy (non-hydrogen) atoms. The summed E-state index contributed by atoms with van der Waals surface area (Å²) in [6.45, 7) is 11.9. The van der Waals surface area contributed by atoms with E-state index in [4.69, 9.17) is 4.74 Å². The third kappa shape index (κ3) is 1.50. The van der Waals surface area contributed by atoms with Crippen molar-refractivity contribution >= 4 is 0 Å². The average molecular weight is 204 g/mol. The van der Waals surface area contributed by atoms with Gasteiger partial charge in [0, 0.05) is 6.42 Å². The Bertz CT molecular complexity index is 374. The Labute approximate surface area is 92.5 Å². The van der Waals surface area contributed by atoms with E-state index in [1.165, 1.54) is 27.8 Å². The summed E-state index contributed by atoms with van der Waals surface area (Å²) in [4.78, 5) is 0. The molecule has 0 amide bonds. The van der Waals surface area contributed by atoms with Crippen LogP contribution in [0.15, 0.2) is 6.07 Å². The molecule has 0 aliphatic carbocycles. The summed E-state index contributed by atoms with van der Waals surface area (Å²) in [6, 6.07) is 2.27. The van der Waals surface area contributed by atoms with Crippen LogP contribution in [-0.2, 0) is 10.3 Å². The molecule has 1 aromatic carbocycles. The molecule has 0 aromatic heterocycles. The molecule has 1 aliphatic rings.